The molecular formula is C13H11NO3. The first-order valence-electron chi connectivity index (χ1n) is 4.83. The largest absolute Gasteiger partial charge is 0.477 e. The molecule has 86 valence electrons. The average Bonchev–Trinajstić information content (AvgIpc) is 2.28. The van der Waals surface area contributed by atoms with E-state index >= 15 is 0 Å². The van der Waals surface area contributed by atoms with E-state index in [2.05, 4.69) is 28.7 Å². The smallest absolute Gasteiger partial charge is 0.354 e. The maximum atomic E-state index is 10.8. The van der Waals surface area contributed by atoms with Gasteiger partial charge in [0.25, 0.3) is 0 Å². The Labute approximate surface area is 99.6 Å². The van der Waals surface area contributed by atoms with E-state index in [4.69, 9.17) is 9.84 Å². The fraction of sp³-hybridized carbons (Fsp3) is 0.231. The number of rotatable bonds is 2. The molecule has 0 spiro atoms. The van der Waals surface area contributed by atoms with E-state index in [1.807, 2.05) is 0 Å². The number of nitrogens with zero attached hydrogens (tertiary/aromatic N) is 1. The summed E-state index contributed by atoms with van der Waals surface area (Å²) in [5.41, 5.74) is 1.18. The van der Waals surface area contributed by atoms with Crippen LogP contribution in [0.4, 0.5) is 0 Å². The lowest BCUT2D eigenvalue weighted by Crippen LogP contribution is -2.01. The zero-order chi connectivity index (χ0) is 12.7. The second-order valence-electron chi connectivity index (χ2n) is 3.17. The highest BCUT2D eigenvalue weighted by Gasteiger charge is 2.05. The third kappa shape index (κ3) is 4.38. The van der Waals surface area contributed by atoms with E-state index in [-0.39, 0.29) is 5.69 Å². The maximum absolute atomic E-state index is 10.8. The number of ether oxygens (including phenoxy) is 1. The van der Waals surface area contributed by atoms with Crippen molar-refractivity contribution >= 4 is 5.97 Å². The summed E-state index contributed by atoms with van der Waals surface area (Å²) in [6.07, 6.45) is 0. The normalized spacial score (nSPS) is 8.59. The van der Waals surface area contributed by atoms with E-state index in [1.165, 1.54) is 6.07 Å². The minimum absolute atomic E-state index is 0.0147. The van der Waals surface area contributed by atoms with Gasteiger partial charge >= 0.3 is 5.97 Å². The molecule has 0 unspecified atom stereocenters. The number of aromatic nitrogens is 1. The molecule has 0 aliphatic rings. The van der Waals surface area contributed by atoms with Gasteiger partial charge in [-0.15, -0.1) is 0 Å². The van der Waals surface area contributed by atoms with Gasteiger partial charge in [-0.3, -0.25) is 0 Å². The predicted molar refractivity (Wildman–Crippen MR) is 62.5 cm³/mol. The van der Waals surface area contributed by atoms with Gasteiger partial charge in [0.05, 0.1) is 0 Å². The molecule has 1 N–H and O–H groups in total. The fourth-order valence-corrected chi connectivity index (χ4v) is 1.11. The molecule has 0 aromatic carbocycles. The monoisotopic (exact) mass is 229 g/mol. The van der Waals surface area contributed by atoms with E-state index in [0.717, 1.165) is 0 Å². The molecule has 0 aliphatic heterocycles. The topological polar surface area (TPSA) is 59.4 Å². The van der Waals surface area contributed by atoms with Crippen molar-refractivity contribution in [2.75, 3.05) is 13.7 Å². The lowest BCUT2D eigenvalue weighted by Gasteiger charge is -1.97. The van der Waals surface area contributed by atoms with E-state index in [1.54, 1.807) is 20.1 Å². The molecule has 0 saturated heterocycles. The van der Waals surface area contributed by atoms with Crippen molar-refractivity contribution in [1.29, 1.82) is 0 Å². The van der Waals surface area contributed by atoms with Crippen LogP contribution in [0.2, 0.25) is 0 Å². The van der Waals surface area contributed by atoms with Gasteiger partial charge in [0.15, 0.2) is 0 Å². The van der Waals surface area contributed by atoms with Crippen LogP contribution in [0.1, 0.15) is 21.7 Å². The van der Waals surface area contributed by atoms with Crippen LogP contribution in [-0.4, -0.2) is 29.8 Å². The van der Waals surface area contributed by atoms with Crippen LogP contribution >= 0.6 is 0 Å². The lowest BCUT2D eigenvalue weighted by molar-refractivity contribution is 0.0690. The van der Waals surface area contributed by atoms with Crippen LogP contribution in [0, 0.1) is 30.6 Å². The third-order valence-electron chi connectivity index (χ3n) is 1.75. The molecule has 1 rings (SSSR count). The van der Waals surface area contributed by atoms with Gasteiger partial charge in [0.2, 0.25) is 0 Å². The Morgan fingerprint density at radius 1 is 1.47 bits per heavy atom. The Bertz CT molecular complexity index is 541. The van der Waals surface area contributed by atoms with Gasteiger partial charge in [0.1, 0.15) is 12.3 Å². The fourth-order valence-electron chi connectivity index (χ4n) is 1.11. The summed E-state index contributed by atoms with van der Waals surface area (Å²) in [6, 6.07) is 3.12. The number of aryl methyl sites for hydroxylation is 1. The molecule has 1 aromatic rings. The first kappa shape index (κ1) is 12.8. The Morgan fingerprint density at radius 2 is 2.24 bits per heavy atom. The van der Waals surface area contributed by atoms with Gasteiger partial charge in [-0.25, -0.2) is 9.78 Å². The maximum Gasteiger partial charge on any atom is 0.354 e. The van der Waals surface area contributed by atoms with Crippen molar-refractivity contribution in [3.8, 4) is 23.7 Å². The summed E-state index contributed by atoms with van der Waals surface area (Å²) in [5.74, 6) is 9.59. The molecule has 17 heavy (non-hydrogen) atoms. The molecule has 0 bridgehead atoms. The number of carbonyl (C=O) groups is 1. The Balaban J connectivity index is 2.92. The van der Waals surface area contributed by atoms with E-state index in [9.17, 15) is 4.79 Å². The number of pyridine rings is 1. The molecule has 1 heterocycles. The van der Waals surface area contributed by atoms with Crippen LogP contribution in [0.15, 0.2) is 12.1 Å². The molecule has 4 heteroatoms. The second-order valence-corrected chi connectivity index (χ2v) is 3.17. The number of hydrogen-bond acceptors (Lipinski definition) is 3. The van der Waals surface area contributed by atoms with E-state index in [0.29, 0.717) is 17.9 Å². The number of carboxylic acids is 1. The van der Waals surface area contributed by atoms with Crippen molar-refractivity contribution in [1.82, 2.24) is 4.98 Å². The van der Waals surface area contributed by atoms with Crippen molar-refractivity contribution in [2.45, 2.75) is 6.92 Å². The molecule has 4 nitrogen and oxygen atoms in total. The number of hydrogen-bond donors (Lipinski definition) is 1. The average molecular weight is 229 g/mol. The summed E-state index contributed by atoms with van der Waals surface area (Å²) in [4.78, 5) is 14.6. The zero-order valence-corrected chi connectivity index (χ0v) is 9.57. The van der Waals surface area contributed by atoms with Gasteiger partial charge < -0.3 is 9.84 Å². The van der Waals surface area contributed by atoms with Crippen LogP contribution in [0.25, 0.3) is 0 Å². The summed E-state index contributed by atoms with van der Waals surface area (Å²) < 4.78 is 4.73. The van der Waals surface area contributed by atoms with Crippen molar-refractivity contribution in [3.05, 3.63) is 29.1 Å². The van der Waals surface area contributed by atoms with Crippen molar-refractivity contribution in [2.24, 2.45) is 0 Å². The SMILES string of the molecule is COCC#CC#Cc1cc(C)nc(C(=O)O)c1. The van der Waals surface area contributed by atoms with Crippen LogP contribution < -0.4 is 0 Å². The summed E-state index contributed by atoms with van der Waals surface area (Å²) in [6.45, 7) is 2.04. The van der Waals surface area contributed by atoms with Crippen LogP contribution in [0.5, 0.6) is 0 Å². The predicted octanol–water partition coefficient (Wildman–Crippen LogP) is 1.09. The zero-order valence-electron chi connectivity index (χ0n) is 9.57. The number of aromatic carboxylic acids is 1. The molecule has 0 saturated carbocycles. The third-order valence-corrected chi connectivity index (χ3v) is 1.75. The highest BCUT2D eigenvalue weighted by atomic mass is 16.5. The molecule has 0 atom stereocenters. The summed E-state index contributed by atoms with van der Waals surface area (Å²) in [5, 5.41) is 8.82. The molecular weight excluding hydrogens is 218 g/mol. The number of carboxylic acid groups (broad SMARTS) is 1. The number of methoxy groups -OCH3 is 1. The van der Waals surface area contributed by atoms with E-state index < -0.39 is 5.97 Å². The van der Waals surface area contributed by atoms with Gasteiger partial charge in [-0.2, -0.15) is 0 Å². The Morgan fingerprint density at radius 3 is 2.88 bits per heavy atom. The molecule has 0 radical (unpaired) electrons. The lowest BCUT2D eigenvalue weighted by atomic mass is 10.2. The Kier molecular flexibility index (Phi) is 4.75. The summed E-state index contributed by atoms with van der Waals surface area (Å²) >= 11 is 0. The minimum Gasteiger partial charge on any atom is -0.477 e. The summed E-state index contributed by atoms with van der Waals surface area (Å²) in [7, 11) is 1.55. The molecule has 1 aromatic heterocycles. The van der Waals surface area contributed by atoms with Crippen LogP contribution in [0.3, 0.4) is 0 Å². The van der Waals surface area contributed by atoms with Crippen molar-refractivity contribution < 1.29 is 14.6 Å². The van der Waals surface area contributed by atoms with Gasteiger partial charge in [0, 0.05) is 18.4 Å². The first-order chi connectivity index (χ1) is 8.13. The first-order valence-corrected chi connectivity index (χ1v) is 4.83. The standard InChI is InChI=1S/C13H11NO3/c1-10-8-11(6-4-3-5-7-17-2)9-12(14-10)13(15)16/h8-9H,7H2,1-2H3,(H,15,16). The molecule has 0 fully saturated rings. The van der Waals surface area contributed by atoms with Gasteiger partial charge in [-0.05, 0) is 30.9 Å². The highest BCUT2D eigenvalue weighted by Crippen LogP contribution is 2.04. The minimum atomic E-state index is -1.07. The van der Waals surface area contributed by atoms with Crippen molar-refractivity contribution in [3.63, 3.8) is 0 Å². The highest BCUT2D eigenvalue weighted by molar-refractivity contribution is 5.85. The van der Waals surface area contributed by atoms with Gasteiger partial charge in [-0.1, -0.05) is 11.8 Å². The molecule has 0 aliphatic carbocycles. The van der Waals surface area contributed by atoms with Crippen LogP contribution in [-0.2, 0) is 4.74 Å². The Hall–Kier alpha value is -2.30. The second kappa shape index (κ2) is 6.32. The quantitative estimate of drug-likeness (QED) is 0.771. The molecule has 0 amide bonds.